The molecule has 0 amide bonds. The molecule has 1 atom stereocenters. The molecule has 116 valence electrons. The quantitative estimate of drug-likeness (QED) is 0.820. The Bertz CT molecular complexity index is 612. The Labute approximate surface area is 131 Å². The number of nitrogens with zero attached hydrogens (tertiary/aromatic N) is 1. The number of aromatic nitrogens is 1. The summed E-state index contributed by atoms with van der Waals surface area (Å²) >= 11 is 0. The number of nitrogens with one attached hydrogen (secondary N) is 1. The van der Waals surface area contributed by atoms with Crippen LogP contribution in [0.4, 0.5) is 0 Å². The van der Waals surface area contributed by atoms with E-state index in [1.54, 1.807) is 6.20 Å². The lowest BCUT2D eigenvalue weighted by Gasteiger charge is -2.27. The molecule has 4 nitrogen and oxygen atoms in total. The summed E-state index contributed by atoms with van der Waals surface area (Å²) in [5, 5.41) is 12.4. The zero-order valence-electron chi connectivity index (χ0n) is 12.7. The first-order valence-electron chi connectivity index (χ1n) is 7.82. The normalized spacial score (nSPS) is 17.0. The van der Waals surface area contributed by atoms with E-state index in [0.717, 1.165) is 29.8 Å². The molecule has 22 heavy (non-hydrogen) atoms. The maximum Gasteiger partial charge on any atom is 0.137 e. The van der Waals surface area contributed by atoms with E-state index in [4.69, 9.17) is 9.84 Å². The summed E-state index contributed by atoms with van der Waals surface area (Å²) in [6, 6.07) is 10.9. The molecule has 2 heterocycles. The molecule has 0 saturated carbocycles. The van der Waals surface area contributed by atoms with Crippen molar-refractivity contribution in [3.8, 4) is 5.75 Å². The van der Waals surface area contributed by atoms with Crippen LogP contribution < -0.4 is 10.1 Å². The number of hydrogen-bond acceptors (Lipinski definition) is 4. The van der Waals surface area contributed by atoms with Gasteiger partial charge < -0.3 is 15.2 Å². The van der Waals surface area contributed by atoms with E-state index in [1.807, 2.05) is 18.3 Å². The summed E-state index contributed by atoms with van der Waals surface area (Å²) in [5.41, 5.74) is 3.53. The van der Waals surface area contributed by atoms with E-state index >= 15 is 0 Å². The molecule has 0 spiro atoms. The average molecular weight is 298 g/mol. The molecule has 0 unspecified atom stereocenters. The monoisotopic (exact) mass is 298 g/mol. The fourth-order valence-corrected chi connectivity index (χ4v) is 2.59. The predicted molar refractivity (Wildman–Crippen MR) is 86.2 cm³/mol. The van der Waals surface area contributed by atoms with Gasteiger partial charge in [0.25, 0.3) is 0 Å². The van der Waals surface area contributed by atoms with Gasteiger partial charge >= 0.3 is 0 Å². The molecule has 0 aliphatic carbocycles. The van der Waals surface area contributed by atoms with Crippen LogP contribution in [0.1, 0.15) is 23.1 Å². The summed E-state index contributed by atoms with van der Waals surface area (Å²) in [5.74, 6) is 0.831. The maximum absolute atomic E-state index is 9.03. The zero-order chi connectivity index (χ0) is 15.2. The van der Waals surface area contributed by atoms with Crippen molar-refractivity contribution < 1.29 is 9.84 Å². The number of aliphatic hydroxyl groups excluding tert-OH is 1. The maximum atomic E-state index is 9.03. The SMILES string of the molecule is OCCc1cccc(Cc2cncc(OC[C@@H]3CCN3)c2)c1. The molecule has 1 aliphatic rings. The Kier molecular flexibility index (Phi) is 5.03. The molecule has 2 aromatic rings. The van der Waals surface area contributed by atoms with E-state index in [0.29, 0.717) is 19.1 Å². The second kappa shape index (κ2) is 7.38. The van der Waals surface area contributed by atoms with Gasteiger partial charge in [0, 0.05) is 18.8 Å². The Hall–Kier alpha value is -1.91. The summed E-state index contributed by atoms with van der Waals surface area (Å²) in [7, 11) is 0. The van der Waals surface area contributed by atoms with Crippen LogP contribution in [0.25, 0.3) is 0 Å². The smallest absolute Gasteiger partial charge is 0.137 e. The molecule has 2 N–H and O–H groups in total. The van der Waals surface area contributed by atoms with Gasteiger partial charge in [-0.2, -0.15) is 0 Å². The number of ether oxygens (including phenoxy) is 1. The van der Waals surface area contributed by atoms with E-state index < -0.39 is 0 Å². The van der Waals surface area contributed by atoms with Gasteiger partial charge in [-0.1, -0.05) is 24.3 Å². The minimum absolute atomic E-state index is 0.184. The van der Waals surface area contributed by atoms with Gasteiger partial charge in [-0.25, -0.2) is 0 Å². The number of pyridine rings is 1. The average Bonchev–Trinajstić information content (AvgIpc) is 2.47. The lowest BCUT2D eigenvalue weighted by molar-refractivity contribution is 0.217. The van der Waals surface area contributed by atoms with Crippen LogP contribution in [0, 0.1) is 0 Å². The standard InChI is InChI=1S/C18H22N2O2/c21-7-5-14-2-1-3-15(8-14)9-16-10-18(12-19-11-16)22-13-17-4-6-20-17/h1-3,8,10-12,17,20-21H,4-7,9,13H2/t17-/m0/s1. The highest BCUT2D eigenvalue weighted by atomic mass is 16.5. The highest BCUT2D eigenvalue weighted by Crippen LogP contribution is 2.17. The molecule has 1 aromatic carbocycles. The Morgan fingerprint density at radius 2 is 2.05 bits per heavy atom. The first-order valence-corrected chi connectivity index (χ1v) is 7.82. The highest BCUT2D eigenvalue weighted by Gasteiger charge is 2.16. The summed E-state index contributed by atoms with van der Waals surface area (Å²) < 4.78 is 5.79. The molecule has 1 aliphatic heterocycles. The van der Waals surface area contributed by atoms with Crippen molar-refractivity contribution >= 4 is 0 Å². The van der Waals surface area contributed by atoms with Crippen LogP contribution in [0.3, 0.4) is 0 Å². The molecule has 1 aromatic heterocycles. The van der Waals surface area contributed by atoms with Gasteiger partial charge in [0.2, 0.25) is 0 Å². The summed E-state index contributed by atoms with van der Waals surface area (Å²) in [4.78, 5) is 4.28. The van der Waals surface area contributed by atoms with Crippen LogP contribution in [0.2, 0.25) is 0 Å². The van der Waals surface area contributed by atoms with Crippen molar-refractivity contribution in [3.05, 3.63) is 59.4 Å². The number of hydrogen-bond donors (Lipinski definition) is 2. The Morgan fingerprint density at radius 3 is 2.82 bits per heavy atom. The molecule has 4 heteroatoms. The molecule has 3 rings (SSSR count). The van der Waals surface area contributed by atoms with E-state index in [-0.39, 0.29) is 6.61 Å². The molecular weight excluding hydrogens is 276 g/mol. The number of aliphatic hydroxyl groups is 1. The fraction of sp³-hybridized carbons (Fsp3) is 0.389. The van der Waals surface area contributed by atoms with Crippen molar-refractivity contribution in [3.63, 3.8) is 0 Å². The van der Waals surface area contributed by atoms with E-state index in [1.165, 1.54) is 12.0 Å². The second-order valence-electron chi connectivity index (χ2n) is 5.75. The molecule has 1 fully saturated rings. The van der Waals surface area contributed by atoms with Crippen LogP contribution in [-0.4, -0.2) is 35.9 Å². The first-order chi connectivity index (χ1) is 10.8. The van der Waals surface area contributed by atoms with Gasteiger partial charge in [-0.3, -0.25) is 4.98 Å². The van der Waals surface area contributed by atoms with Crippen molar-refractivity contribution in [2.24, 2.45) is 0 Å². The third-order valence-corrected chi connectivity index (χ3v) is 3.95. The van der Waals surface area contributed by atoms with Crippen LogP contribution in [0.5, 0.6) is 5.75 Å². The van der Waals surface area contributed by atoms with Crippen molar-refractivity contribution in [1.29, 1.82) is 0 Å². The third kappa shape index (κ3) is 4.06. The van der Waals surface area contributed by atoms with Crippen LogP contribution >= 0.6 is 0 Å². The molecule has 0 radical (unpaired) electrons. The minimum Gasteiger partial charge on any atom is -0.490 e. The van der Waals surface area contributed by atoms with E-state index in [9.17, 15) is 0 Å². The highest BCUT2D eigenvalue weighted by molar-refractivity contribution is 5.31. The molecular formula is C18H22N2O2. The lowest BCUT2D eigenvalue weighted by atomic mass is 10.0. The fourth-order valence-electron chi connectivity index (χ4n) is 2.59. The van der Waals surface area contributed by atoms with Gasteiger partial charge in [-0.15, -0.1) is 0 Å². The molecule has 0 bridgehead atoms. The van der Waals surface area contributed by atoms with Crippen LogP contribution in [-0.2, 0) is 12.8 Å². The summed E-state index contributed by atoms with van der Waals surface area (Å²) in [6.07, 6.45) is 6.36. The number of rotatable bonds is 7. The lowest BCUT2D eigenvalue weighted by Crippen LogP contribution is -2.46. The first kappa shape index (κ1) is 15.0. The van der Waals surface area contributed by atoms with E-state index in [2.05, 4.69) is 28.5 Å². The predicted octanol–water partition coefficient (Wildman–Crippen LogP) is 1.95. The van der Waals surface area contributed by atoms with Crippen LogP contribution in [0.15, 0.2) is 42.7 Å². The number of benzene rings is 1. The van der Waals surface area contributed by atoms with Gasteiger partial charge in [0.15, 0.2) is 0 Å². The van der Waals surface area contributed by atoms with Gasteiger partial charge in [-0.05, 0) is 48.6 Å². The minimum atomic E-state index is 0.184. The van der Waals surface area contributed by atoms with Crippen molar-refractivity contribution in [2.75, 3.05) is 19.8 Å². The Morgan fingerprint density at radius 1 is 1.18 bits per heavy atom. The zero-order valence-corrected chi connectivity index (χ0v) is 12.7. The van der Waals surface area contributed by atoms with Crippen molar-refractivity contribution in [1.82, 2.24) is 10.3 Å². The third-order valence-electron chi connectivity index (χ3n) is 3.95. The van der Waals surface area contributed by atoms with Gasteiger partial charge in [0.05, 0.1) is 6.20 Å². The molecule has 1 saturated heterocycles. The Balaban J connectivity index is 1.62. The topological polar surface area (TPSA) is 54.4 Å². The van der Waals surface area contributed by atoms with Crippen molar-refractivity contribution in [2.45, 2.75) is 25.3 Å². The largest absolute Gasteiger partial charge is 0.490 e. The van der Waals surface area contributed by atoms with Gasteiger partial charge in [0.1, 0.15) is 12.4 Å². The second-order valence-corrected chi connectivity index (χ2v) is 5.75. The summed E-state index contributed by atoms with van der Waals surface area (Å²) in [6.45, 7) is 1.98.